The largest absolute Gasteiger partial charge is 0.573 e. The first-order valence-corrected chi connectivity index (χ1v) is 12.8. The standard InChI is InChI=1S/C27H32BrF3N2O7/c1-25(2,3)39-23(35)19(33-24(36)40-26(4,5)6)12-15-8-10-17(14-21(15)37-7)32-22(34)18-13-16(28)9-11-20(18)38-27(29,30)31/h8-11,13-14,19H,12H2,1-7H3,(H,32,34)(H,33,36)/t19-/m0/s1. The number of ether oxygens (including phenoxy) is 4. The fourth-order valence-electron chi connectivity index (χ4n) is 3.32. The maximum Gasteiger partial charge on any atom is 0.573 e. The smallest absolute Gasteiger partial charge is 0.496 e. The Bertz CT molecular complexity index is 1240. The molecule has 40 heavy (non-hydrogen) atoms. The minimum absolute atomic E-state index is 0.0548. The number of halogens is 4. The average molecular weight is 633 g/mol. The second-order valence-corrected chi connectivity index (χ2v) is 11.5. The highest BCUT2D eigenvalue weighted by Crippen LogP contribution is 2.31. The van der Waals surface area contributed by atoms with Gasteiger partial charge in [0.05, 0.1) is 12.7 Å². The molecule has 9 nitrogen and oxygen atoms in total. The van der Waals surface area contributed by atoms with Crippen molar-refractivity contribution in [1.29, 1.82) is 0 Å². The lowest BCUT2D eigenvalue weighted by molar-refractivity contribution is -0.274. The van der Waals surface area contributed by atoms with Crippen LogP contribution >= 0.6 is 15.9 Å². The molecule has 2 amide bonds. The van der Waals surface area contributed by atoms with Crippen molar-refractivity contribution in [2.45, 2.75) is 71.6 Å². The molecule has 1 atom stereocenters. The van der Waals surface area contributed by atoms with E-state index in [1.807, 2.05) is 0 Å². The Morgan fingerprint density at radius 3 is 2.08 bits per heavy atom. The number of esters is 1. The van der Waals surface area contributed by atoms with Crippen LogP contribution in [0.25, 0.3) is 0 Å². The second-order valence-electron chi connectivity index (χ2n) is 10.6. The lowest BCUT2D eigenvalue weighted by Crippen LogP contribution is -2.47. The Morgan fingerprint density at radius 2 is 1.52 bits per heavy atom. The molecular weight excluding hydrogens is 601 g/mol. The quantitative estimate of drug-likeness (QED) is 0.324. The number of alkyl halides is 3. The third kappa shape index (κ3) is 10.9. The van der Waals surface area contributed by atoms with Crippen molar-refractivity contribution in [2.75, 3.05) is 12.4 Å². The van der Waals surface area contributed by atoms with E-state index in [4.69, 9.17) is 14.2 Å². The van der Waals surface area contributed by atoms with E-state index in [2.05, 4.69) is 31.3 Å². The van der Waals surface area contributed by atoms with Gasteiger partial charge in [0, 0.05) is 22.6 Å². The highest BCUT2D eigenvalue weighted by molar-refractivity contribution is 9.10. The fourth-order valence-corrected chi connectivity index (χ4v) is 3.68. The molecule has 13 heteroatoms. The summed E-state index contributed by atoms with van der Waals surface area (Å²) in [6.45, 7) is 10.1. The van der Waals surface area contributed by atoms with Gasteiger partial charge in [0.1, 0.15) is 28.7 Å². The molecule has 2 aromatic carbocycles. The van der Waals surface area contributed by atoms with Crippen LogP contribution in [-0.4, -0.2) is 48.7 Å². The topological polar surface area (TPSA) is 112 Å². The summed E-state index contributed by atoms with van der Waals surface area (Å²) < 4.78 is 58.9. The van der Waals surface area contributed by atoms with E-state index in [1.165, 1.54) is 37.4 Å². The van der Waals surface area contributed by atoms with Crippen LogP contribution in [0.2, 0.25) is 0 Å². The van der Waals surface area contributed by atoms with Gasteiger partial charge in [-0.05, 0) is 71.4 Å². The summed E-state index contributed by atoms with van der Waals surface area (Å²) in [7, 11) is 1.36. The molecule has 0 aliphatic rings. The Hall–Kier alpha value is -3.48. The molecule has 0 fully saturated rings. The Morgan fingerprint density at radius 1 is 0.900 bits per heavy atom. The van der Waals surface area contributed by atoms with E-state index >= 15 is 0 Å². The highest BCUT2D eigenvalue weighted by atomic mass is 79.9. The van der Waals surface area contributed by atoms with Crippen LogP contribution in [-0.2, 0) is 20.7 Å². The second kappa shape index (κ2) is 12.8. The number of carbonyl (C=O) groups excluding carboxylic acids is 3. The normalized spacial score (nSPS) is 12.7. The van der Waals surface area contributed by atoms with Crippen molar-refractivity contribution < 1.29 is 46.5 Å². The number of carbonyl (C=O) groups is 3. The van der Waals surface area contributed by atoms with Gasteiger partial charge >= 0.3 is 18.4 Å². The van der Waals surface area contributed by atoms with E-state index in [9.17, 15) is 27.6 Å². The van der Waals surface area contributed by atoms with Crippen LogP contribution in [0, 0.1) is 0 Å². The molecule has 2 rings (SSSR count). The maximum atomic E-state index is 12.9. The van der Waals surface area contributed by atoms with Gasteiger partial charge in [-0.3, -0.25) is 4.79 Å². The van der Waals surface area contributed by atoms with Crippen LogP contribution in [0.4, 0.5) is 23.7 Å². The summed E-state index contributed by atoms with van der Waals surface area (Å²) in [4.78, 5) is 38.2. The maximum absolute atomic E-state index is 12.9. The molecule has 0 heterocycles. The van der Waals surface area contributed by atoms with Crippen LogP contribution in [0.3, 0.4) is 0 Å². The van der Waals surface area contributed by atoms with Crippen molar-refractivity contribution >= 4 is 39.6 Å². The third-order valence-corrected chi connectivity index (χ3v) is 5.26. The zero-order valence-electron chi connectivity index (χ0n) is 23.1. The van der Waals surface area contributed by atoms with Gasteiger partial charge in [0.2, 0.25) is 0 Å². The molecule has 2 N–H and O–H groups in total. The minimum Gasteiger partial charge on any atom is -0.496 e. The first-order valence-electron chi connectivity index (χ1n) is 12.0. The number of hydrogen-bond acceptors (Lipinski definition) is 7. The average Bonchev–Trinajstić information content (AvgIpc) is 2.77. The highest BCUT2D eigenvalue weighted by Gasteiger charge is 2.33. The fraction of sp³-hybridized carbons (Fsp3) is 0.444. The molecule has 2 aromatic rings. The van der Waals surface area contributed by atoms with E-state index in [-0.39, 0.29) is 23.4 Å². The van der Waals surface area contributed by atoms with Crippen LogP contribution in [0.5, 0.6) is 11.5 Å². The molecule has 0 unspecified atom stereocenters. The summed E-state index contributed by atoms with van der Waals surface area (Å²) in [5, 5.41) is 5.03. The Balaban J connectivity index is 2.32. The van der Waals surface area contributed by atoms with E-state index in [1.54, 1.807) is 41.5 Å². The molecule has 0 spiro atoms. The molecule has 0 saturated carbocycles. The van der Waals surface area contributed by atoms with Crippen LogP contribution in [0.15, 0.2) is 40.9 Å². The van der Waals surface area contributed by atoms with Gasteiger partial charge in [0.25, 0.3) is 5.91 Å². The molecule has 0 aromatic heterocycles. The number of amides is 2. The predicted octanol–water partition coefficient (Wildman–Crippen LogP) is 6.39. The molecule has 0 saturated heterocycles. The van der Waals surface area contributed by atoms with Gasteiger partial charge in [-0.2, -0.15) is 0 Å². The first kappa shape index (κ1) is 32.7. The number of anilines is 1. The predicted molar refractivity (Wildman–Crippen MR) is 144 cm³/mol. The van der Waals surface area contributed by atoms with Crippen LogP contribution in [0.1, 0.15) is 57.5 Å². The molecule has 0 bridgehead atoms. The number of methoxy groups -OCH3 is 1. The van der Waals surface area contributed by atoms with Crippen molar-refractivity contribution in [3.8, 4) is 11.5 Å². The molecule has 0 aliphatic carbocycles. The lowest BCUT2D eigenvalue weighted by Gasteiger charge is -2.26. The van der Waals surface area contributed by atoms with E-state index in [0.29, 0.717) is 10.0 Å². The number of nitrogens with one attached hydrogen (secondary N) is 2. The molecule has 0 aliphatic heterocycles. The number of hydrogen-bond donors (Lipinski definition) is 2. The minimum atomic E-state index is -4.99. The Labute approximate surface area is 238 Å². The summed E-state index contributed by atoms with van der Waals surface area (Å²) in [6.07, 6.45) is -5.87. The third-order valence-electron chi connectivity index (χ3n) is 4.76. The first-order chi connectivity index (χ1) is 18.3. The van der Waals surface area contributed by atoms with E-state index in [0.717, 1.165) is 6.07 Å². The monoisotopic (exact) mass is 632 g/mol. The summed E-state index contributed by atoms with van der Waals surface area (Å²) in [6, 6.07) is 6.80. The van der Waals surface area contributed by atoms with Crippen molar-refractivity contribution in [3.63, 3.8) is 0 Å². The van der Waals surface area contributed by atoms with Gasteiger partial charge in [-0.1, -0.05) is 22.0 Å². The van der Waals surface area contributed by atoms with Gasteiger partial charge in [-0.15, -0.1) is 13.2 Å². The van der Waals surface area contributed by atoms with Gasteiger partial charge < -0.3 is 29.6 Å². The number of rotatable bonds is 8. The Kier molecular flexibility index (Phi) is 10.5. The van der Waals surface area contributed by atoms with Crippen LogP contribution < -0.4 is 20.1 Å². The van der Waals surface area contributed by atoms with Crippen molar-refractivity contribution in [1.82, 2.24) is 5.32 Å². The number of benzene rings is 2. The molecule has 220 valence electrons. The lowest BCUT2D eigenvalue weighted by atomic mass is 10.0. The molecule has 0 radical (unpaired) electrons. The summed E-state index contributed by atoms with van der Waals surface area (Å²) >= 11 is 3.13. The SMILES string of the molecule is COc1cc(NC(=O)c2cc(Br)ccc2OC(F)(F)F)ccc1C[C@H](NC(=O)OC(C)(C)C)C(=O)OC(C)(C)C. The van der Waals surface area contributed by atoms with E-state index < -0.39 is 47.3 Å². The summed E-state index contributed by atoms with van der Waals surface area (Å²) in [5.41, 5.74) is -1.33. The number of alkyl carbamates (subject to hydrolysis) is 1. The zero-order valence-corrected chi connectivity index (χ0v) is 24.7. The van der Waals surface area contributed by atoms with Crippen molar-refractivity contribution in [3.05, 3.63) is 52.0 Å². The summed E-state index contributed by atoms with van der Waals surface area (Å²) in [5.74, 6) is -2.01. The molecular formula is C27H32BrF3N2O7. The van der Waals surface area contributed by atoms with Crippen molar-refractivity contribution in [2.24, 2.45) is 0 Å². The van der Waals surface area contributed by atoms with Gasteiger partial charge in [-0.25, -0.2) is 9.59 Å². The van der Waals surface area contributed by atoms with Gasteiger partial charge in [0.15, 0.2) is 0 Å². The zero-order chi connectivity index (χ0) is 30.5.